The van der Waals surface area contributed by atoms with Crippen molar-refractivity contribution in [1.82, 2.24) is 0 Å². The van der Waals surface area contributed by atoms with Crippen molar-refractivity contribution in [2.75, 3.05) is 6.61 Å². The highest BCUT2D eigenvalue weighted by atomic mass is 79.9. The van der Waals surface area contributed by atoms with Gasteiger partial charge in [0.15, 0.2) is 0 Å². The van der Waals surface area contributed by atoms with E-state index in [1.54, 1.807) is 6.07 Å². The Kier molecular flexibility index (Phi) is 3.94. The Balaban J connectivity index is 2.89. The van der Waals surface area contributed by atoms with Crippen molar-refractivity contribution in [3.05, 3.63) is 33.8 Å². The topological polar surface area (TPSA) is 33.0 Å². The summed E-state index contributed by atoms with van der Waals surface area (Å²) < 4.78 is 6.22. The highest BCUT2D eigenvalue weighted by Crippen LogP contribution is 2.16. The summed E-state index contributed by atoms with van der Waals surface area (Å²) in [5, 5.41) is 8.79. The minimum absolute atomic E-state index is 0.499. The third-order valence-corrected chi connectivity index (χ3v) is 2.14. The molecular formula is C10H10BrNO. The Morgan fingerprint density at radius 1 is 1.54 bits per heavy atom. The molecule has 3 heteroatoms. The summed E-state index contributed by atoms with van der Waals surface area (Å²) in [6, 6.07) is 7.69. The maximum atomic E-state index is 8.79. The van der Waals surface area contributed by atoms with Crippen LogP contribution in [0.3, 0.4) is 0 Å². The summed E-state index contributed by atoms with van der Waals surface area (Å²) in [6.45, 7) is 3.10. The van der Waals surface area contributed by atoms with Crippen LogP contribution < -0.4 is 0 Å². The van der Waals surface area contributed by atoms with Gasteiger partial charge in [-0.2, -0.15) is 5.26 Å². The Hall–Kier alpha value is -0.850. The summed E-state index contributed by atoms with van der Waals surface area (Å²) in [6.07, 6.45) is 0. The Morgan fingerprint density at radius 3 is 2.92 bits per heavy atom. The van der Waals surface area contributed by atoms with E-state index < -0.39 is 0 Å². The average molecular weight is 240 g/mol. The molecule has 0 fully saturated rings. The summed E-state index contributed by atoms with van der Waals surface area (Å²) in [5.74, 6) is 0. The fourth-order valence-corrected chi connectivity index (χ4v) is 1.41. The second kappa shape index (κ2) is 5.00. The van der Waals surface area contributed by atoms with Crippen LogP contribution in [0, 0.1) is 11.3 Å². The van der Waals surface area contributed by atoms with Gasteiger partial charge in [0.2, 0.25) is 0 Å². The molecule has 2 nitrogen and oxygen atoms in total. The van der Waals surface area contributed by atoms with Gasteiger partial charge in [-0.15, -0.1) is 0 Å². The van der Waals surface area contributed by atoms with Crippen molar-refractivity contribution in [1.29, 1.82) is 5.26 Å². The first-order valence-corrected chi connectivity index (χ1v) is 4.83. The average Bonchev–Trinajstić information content (AvgIpc) is 2.15. The van der Waals surface area contributed by atoms with Gasteiger partial charge in [0.25, 0.3) is 0 Å². The first-order chi connectivity index (χ1) is 6.27. The second-order valence-corrected chi connectivity index (χ2v) is 3.47. The monoisotopic (exact) mass is 239 g/mol. The SMILES string of the molecule is CCOCc1cc(Br)ccc1C#N. The lowest BCUT2D eigenvalue weighted by atomic mass is 10.1. The molecule has 0 spiro atoms. The van der Waals surface area contributed by atoms with Gasteiger partial charge in [-0.05, 0) is 30.7 Å². The van der Waals surface area contributed by atoms with E-state index in [1.165, 1.54) is 0 Å². The molecule has 0 aromatic heterocycles. The van der Waals surface area contributed by atoms with Crippen molar-refractivity contribution >= 4 is 15.9 Å². The molecule has 0 heterocycles. The van der Waals surface area contributed by atoms with E-state index in [9.17, 15) is 0 Å². The van der Waals surface area contributed by atoms with Crippen molar-refractivity contribution in [2.24, 2.45) is 0 Å². The fraction of sp³-hybridized carbons (Fsp3) is 0.300. The largest absolute Gasteiger partial charge is 0.377 e. The van der Waals surface area contributed by atoms with Crippen LogP contribution in [0.2, 0.25) is 0 Å². The molecule has 0 saturated carbocycles. The van der Waals surface area contributed by atoms with Gasteiger partial charge in [0, 0.05) is 11.1 Å². The number of ether oxygens (including phenoxy) is 1. The minimum atomic E-state index is 0.499. The normalized spacial score (nSPS) is 9.62. The van der Waals surface area contributed by atoms with Gasteiger partial charge < -0.3 is 4.74 Å². The third-order valence-electron chi connectivity index (χ3n) is 1.65. The highest BCUT2D eigenvalue weighted by molar-refractivity contribution is 9.10. The summed E-state index contributed by atoms with van der Waals surface area (Å²) in [7, 11) is 0. The quantitative estimate of drug-likeness (QED) is 0.813. The van der Waals surface area contributed by atoms with E-state index in [2.05, 4.69) is 22.0 Å². The molecule has 0 amide bonds. The molecule has 13 heavy (non-hydrogen) atoms. The smallest absolute Gasteiger partial charge is 0.0995 e. The Bertz CT molecular complexity index is 330. The minimum Gasteiger partial charge on any atom is -0.377 e. The van der Waals surface area contributed by atoms with Crippen LogP contribution in [0.4, 0.5) is 0 Å². The number of halogens is 1. The van der Waals surface area contributed by atoms with Gasteiger partial charge in [0.05, 0.1) is 18.2 Å². The van der Waals surface area contributed by atoms with Crippen LogP contribution in [-0.2, 0) is 11.3 Å². The van der Waals surface area contributed by atoms with Gasteiger partial charge in [-0.3, -0.25) is 0 Å². The summed E-state index contributed by atoms with van der Waals surface area (Å²) in [4.78, 5) is 0. The molecule has 0 aliphatic rings. The molecule has 0 aliphatic carbocycles. The van der Waals surface area contributed by atoms with Crippen molar-refractivity contribution in [3.63, 3.8) is 0 Å². The molecule has 1 aromatic carbocycles. The van der Waals surface area contributed by atoms with E-state index >= 15 is 0 Å². The number of nitriles is 1. The standard InChI is InChI=1S/C10H10BrNO/c1-2-13-7-9-5-10(11)4-3-8(9)6-12/h3-5H,2,7H2,1H3. The Morgan fingerprint density at radius 2 is 2.31 bits per heavy atom. The lowest BCUT2D eigenvalue weighted by Crippen LogP contribution is -1.95. The number of hydrogen-bond donors (Lipinski definition) is 0. The number of rotatable bonds is 3. The van der Waals surface area contributed by atoms with Crippen LogP contribution in [0.15, 0.2) is 22.7 Å². The molecule has 0 saturated heterocycles. The highest BCUT2D eigenvalue weighted by Gasteiger charge is 2.01. The van der Waals surface area contributed by atoms with Crippen LogP contribution in [0.1, 0.15) is 18.1 Å². The third kappa shape index (κ3) is 2.83. The number of benzene rings is 1. The van der Waals surface area contributed by atoms with Crippen LogP contribution in [0.25, 0.3) is 0 Å². The molecular weight excluding hydrogens is 230 g/mol. The van der Waals surface area contributed by atoms with E-state index in [-0.39, 0.29) is 0 Å². The maximum Gasteiger partial charge on any atom is 0.0995 e. The molecule has 0 unspecified atom stereocenters. The maximum absolute atomic E-state index is 8.79. The van der Waals surface area contributed by atoms with Crippen LogP contribution in [-0.4, -0.2) is 6.61 Å². The molecule has 0 radical (unpaired) electrons. The molecule has 1 aromatic rings. The molecule has 68 valence electrons. The van der Waals surface area contributed by atoms with Gasteiger partial charge in [-0.25, -0.2) is 0 Å². The zero-order valence-corrected chi connectivity index (χ0v) is 8.97. The fourth-order valence-electron chi connectivity index (χ4n) is 1.00. The zero-order chi connectivity index (χ0) is 9.68. The van der Waals surface area contributed by atoms with Crippen LogP contribution in [0.5, 0.6) is 0 Å². The molecule has 0 N–H and O–H groups in total. The van der Waals surface area contributed by atoms with Gasteiger partial charge in [-0.1, -0.05) is 15.9 Å². The van der Waals surface area contributed by atoms with E-state index in [4.69, 9.17) is 10.00 Å². The lowest BCUT2D eigenvalue weighted by molar-refractivity contribution is 0.134. The first kappa shape index (κ1) is 10.2. The van der Waals surface area contributed by atoms with Crippen molar-refractivity contribution < 1.29 is 4.74 Å². The molecule has 0 aliphatic heterocycles. The first-order valence-electron chi connectivity index (χ1n) is 4.04. The predicted octanol–water partition coefficient (Wildman–Crippen LogP) is 2.86. The lowest BCUT2D eigenvalue weighted by Gasteiger charge is -2.04. The Labute approximate surface area is 86.3 Å². The summed E-state index contributed by atoms with van der Waals surface area (Å²) >= 11 is 3.35. The van der Waals surface area contributed by atoms with Gasteiger partial charge in [0.1, 0.15) is 0 Å². The molecule has 0 bridgehead atoms. The second-order valence-electron chi connectivity index (χ2n) is 2.55. The number of nitrogens with zero attached hydrogens (tertiary/aromatic N) is 1. The van der Waals surface area contributed by atoms with Gasteiger partial charge >= 0.3 is 0 Å². The van der Waals surface area contributed by atoms with Crippen LogP contribution >= 0.6 is 15.9 Å². The van der Waals surface area contributed by atoms with Crippen molar-refractivity contribution in [2.45, 2.75) is 13.5 Å². The predicted molar refractivity (Wildman–Crippen MR) is 54.2 cm³/mol. The molecule has 0 atom stereocenters. The molecule has 1 rings (SSSR count). The van der Waals surface area contributed by atoms with E-state index in [0.717, 1.165) is 10.0 Å². The number of hydrogen-bond acceptors (Lipinski definition) is 2. The van der Waals surface area contributed by atoms with E-state index in [1.807, 2.05) is 19.1 Å². The van der Waals surface area contributed by atoms with E-state index in [0.29, 0.717) is 18.8 Å². The van der Waals surface area contributed by atoms with Crippen molar-refractivity contribution in [3.8, 4) is 6.07 Å². The summed E-state index contributed by atoms with van der Waals surface area (Å²) in [5.41, 5.74) is 1.61. The zero-order valence-electron chi connectivity index (χ0n) is 7.38.